The van der Waals surface area contributed by atoms with Crippen LogP contribution in [0, 0.1) is 25.5 Å². The van der Waals surface area contributed by atoms with Gasteiger partial charge < -0.3 is 67.8 Å². The van der Waals surface area contributed by atoms with E-state index in [0.29, 0.717) is 12.1 Å². The number of hydrogen-bond acceptors (Lipinski definition) is 10. The fourth-order valence-corrected chi connectivity index (χ4v) is 13.1. The van der Waals surface area contributed by atoms with E-state index in [-0.39, 0.29) is 88.2 Å². The number of alkyl halides is 1. The maximum Gasteiger partial charge on any atom is 0.314 e. The average molecular weight is 2020 g/mol. The minimum absolute atomic E-state index is 0. The molecule has 20 heteroatoms. The van der Waals surface area contributed by atoms with Gasteiger partial charge in [-0.15, -0.1) is 44.0 Å². The smallest absolute Gasteiger partial charge is 0.314 e. The van der Waals surface area contributed by atoms with Crippen LogP contribution in [0.4, 0.5) is 11.4 Å². The largest absolute Gasteiger partial charge is 1.00 e. The molecule has 4 aliphatic rings. The zero-order valence-corrected chi connectivity index (χ0v) is 67.8. The molecule has 0 saturated heterocycles. The van der Waals surface area contributed by atoms with Crippen LogP contribution in [0.5, 0.6) is 0 Å². The molecule has 2 radical (unpaired) electrons. The Balaban J connectivity index is 0.000000124. The molecule has 10 aromatic carbocycles. The van der Waals surface area contributed by atoms with E-state index in [4.69, 9.17) is 10.2 Å². The van der Waals surface area contributed by atoms with Crippen LogP contribution in [0.2, 0.25) is 0 Å². The van der Waals surface area contributed by atoms with Crippen LogP contribution in [-0.4, -0.2) is 72.9 Å². The Morgan fingerprint density at radius 2 is 0.842 bits per heavy atom. The molecule has 101 heavy (non-hydrogen) atoms. The summed E-state index contributed by atoms with van der Waals surface area (Å²) in [5.74, 6) is 1.97. The van der Waals surface area contributed by atoms with Crippen molar-refractivity contribution in [2.24, 2.45) is 17.3 Å². The standard InChI is InChI=1S/C17H16N3.C17H15N3.C15H12N3.C15H11N3.C14H9N3.C3H7I.2HI.2Ir/c2*1-12(2)20-11-19-16-10-6-5-8-14(16)13-7-3-4-9-15(13)17(19)18-20;2*1-17-10-18-14-9-5-4-7-12(14)11-6-2-3-8-13(11)15(18)16-17;1-2-7-12-10(5-1)11-6-3-4-8-13(11)17-9-15-16-14(12)17;1-3(2)4;;;;/h3-12H,1-2H3;3-9,11-12H,1-2H3;2-10H,1H3;2-8,10H,1H3;1-9H;3H,1-2H3;2*1H;;/q+1;-2;+1;-2;;;;;;/p-2. The minimum Gasteiger partial charge on any atom is -1.00 e. The fourth-order valence-electron chi connectivity index (χ4n) is 13.1. The number of rotatable bonds is 2. The maximum atomic E-state index is 4.77. The van der Waals surface area contributed by atoms with Crippen LogP contribution in [0.15, 0.2) is 260 Å². The molecule has 512 valence electrons. The van der Waals surface area contributed by atoms with Crippen LogP contribution in [-0.2, 0) is 47.3 Å². The summed E-state index contributed by atoms with van der Waals surface area (Å²) in [6, 6.07) is 86.9. The van der Waals surface area contributed by atoms with Crippen LogP contribution in [0.25, 0.3) is 104 Å². The number of nitrogens with zero attached hydrogens (tertiary/aromatic N) is 15. The second kappa shape index (κ2) is 31.9. The number of anilines is 2. The van der Waals surface area contributed by atoms with Gasteiger partial charge >= 0.3 is 11.3 Å². The van der Waals surface area contributed by atoms with Crippen molar-refractivity contribution in [2.75, 3.05) is 16.8 Å². The predicted molar refractivity (Wildman–Crippen MR) is 402 cm³/mol. The Kier molecular flexibility index (Phi) is 23.3. The summed E-state index contributed by atoms with van der Waals surface area (Å²) in [7, 11) is 3.90. The number of hydrogen-bond donors (Lipinski definition) is 0. The normalized spacial score (nSPS) is 12.7. The van der Waals surface area contributed by atoms with E-state index in [0.717, 1.165) is 54.8 Å². The summed E-state index contributed by atoms with van der Waals surface area (Å²) >= 11 is 2.34. The molecular weight excluding hydrogens is 1950 g/mol. The first-order valence-electron chi connectivity index (χ1n) is 32.6. The van der Waals surface area contributed by atoms with E-state index >= 15 is 0 Å². The Labute approximate surface area is 662 Å². The number of fused-ring (bicyclic) bond motifs is 30. The van der Waals surface area contributed by atoms with Crippen LogP contribution in [0.1, 0.15) is 58.7 Å². The van der Waals surface area contributed by atoms with E-state index in [1.807, 2.05) is 87.3 Å². The van der Waals surface area contributed by atoms with Crippen LogP contribution < -0.4 is 66.6 Å². The molecule has 0 amide bonds. The molecule has 0 N–H and O–H groups in total. The molecule has 15 nitrogen and oxygen atoms in total. The molecule has 6 aromatic heterocycles. The van der Waals surface area contributed by atoms with Gasteiger partial charge in [-0.25, -0.2) is 0 Å². The van der Waals surface area contributed by atoms with Gasteiger partial charge in [0.15, 0.2) is 5.65 Å². The molecule has 0 fully saturated rings. The number of para-hydroxylation sites is 5. The summed E-state index contributed by atoms with van der Waals surface area (Å²) in [5.41, 5.74) is 15.9. The molecule has 0 bridgehead atoms. The Hall–Kier alpha value is -8.35. The number of amidine groups is 2. The number of halogens is 3. The quantitative estimate of drug-likeness (QED) is 0.0553. The first-order chi connectivity index (χ1) is 47.4. The molecule has 0 unspecified atom stereocenters. The monoisotopic (exact) mass is 2020 g/mol. The van der Waals surface area contributed by atoms with Crippen LogP contribution >= 0.6 is 22.6 Å². The first kappa shape index (κ1) is 73.9. The van der Waals surface area contributed by atoms with Crippen molar-refractivity contribution in [3.05, 3.63) is 286 Å². The molecule has 0 aliphatic carbocycles. The number of benzene rings is 10. The summed E-state index contributed by atoms with van der Waals surface area (Å²) in [4.78, 5) is 4.23. The van der Waals surface area contributed by atoms with E-state index < -0.39 is 0 Å². The Bertz CT molecular complexity index is 5510. The Morgan fingerprint density at radius 1 is 0.426 bits per heavy atom. The number of hydrazone groups is 2. The van der Waals surface area contributed by atoms with Gasteiger partial charge in [-0.2, -0.15) is 67.5 Å². The van der Waals surface area contributed by atoms with Crippen molar-refractivity contribution in [2.45, 2.75) is 57.6 Å². The SMILES string of the molecule is CC(C)I.CC(C)N1[CH-]N2C(=N1)c1ccccc1-c1ccc[c-]c12.CC(C)n1c[n+]2c3ccccc3c3ccccc3c2n1.CN1[CH-]N2C(=N1)c1ccccc1-c1ccc[c-]c12.Cn1c[n+]2c3ccccc3c3ccccc3c2n1.[I-].[I-].[Ir].[Ir].c1ccc2c(c1)c1ccccc1n1cnnc21. The van der Waals surface area contributed by atoms with Gasteiger partial charge in [0.25, 0.3) is 0 Å². The summed E-state index contributed by atoms with van der Waals surface area (Å²) in [6.45, 7) is 16.9. The predicted octanol–water partition coefficient (Wildman–Crippen LogP) is 11.0. The third-order valence-corrected chi connectivity index (χ3v) is 17.4. The van der Waals surface area contributed by atoms with E-state index in [1.165, 1.54) is 87.5 Å². The van der Waals surface area contributed by atoms with Crippen LogP contribution in [0.3, 0.4) is 0 Å². The third-order valence-electron chi connectivity index (χ3n) is 17.4. The molecule has 0 saturated carbocycles. The first-order valence-corrected chi connectivity index (χ1v) is 33.9. The van der Waals surface area contributed by atoms with Crippen molar-refractivity contribution in [1.29, 1.82) is 0 Å². The summed E-state index contributed by atoms with van der Waals surface area (Å²) < 4.78 is 11.1. The maximum absolute atomic E-state index is 4.77. The van der Waals surface area contributed by atoms with Gasteiger partial charge in [0, 0.05) is 93.0 Å². The Morgan fingerprint density at radius 3 is 1.38 bits per heavy atom. The van der Waals surface area contributed by atoms with Gasteiger partial charge in [0.05, 0.1) is 23.3 Å². The average Bonchev–Trinajstić information content (AvgIpc) is 1.69. The van der Waals surface area contributed by atoms with Crippen molar-refractivity contribution >= 4 is 128 Å². The number of pyridine rings is 3. The van der Waals surface area contributed by atoms with Gasteiger partial charge in [0.1, 0.15) is 35.1 Å². The van der Waals surface area contributed by atoms with Gasteiger partial charge in [-0.05, 0) is 81.2 Å². The van der Waals surface area contributed by atoms with E-state index in [2.05, 4.69) is 322 Å². The molecule has 0 spiro atoms. The topological polar surface area (TPSA) is 112 Å². The second-order valence-corrected chi connectivity index (χ2v) is 27.4. The van der Waals surface area contributed by atoms with Crippen molar-refractivity contribution < 1.29 is 97.0 Å². The van der Waals surface area contributed by atoms with Gasteiger partial charge in [0.2, 0.25) is 12.7 Å². The van der Waals surface area contributed by atoms with Crippen molar-refractivity contribution in [3.63, 3.8) is 0 Å². The van der Waals surface area contributed by atoms with Gasteiger partial charge in [-0.1, -0.05) is 223 Å². The molecule has 16 aromatic rings. The molecule has 0 atom stereocenters. The number of aromatic nitrogens is 9. The molecule has 4 aliphatic heterocycles. The zero-order valence-electron chi connectivity index (χ0n) is 56.6. The van der Waals surface area contributed by atoms with E-state index in [9.17, 15) is 0 Å². The number of aryl methyl sites for hydroxylation is 1. The molecular formula is C81H70I3Ir2N15-4. The zero-order chi connectivity index (χ0) is 66.4. The van der Waals surface area contributed by atoms with Crippen molar-refractivity contribution in [3.8, 4) is 22.3 Å². The third kappa shape index (κ3) is 14.2. The minimum atomic E-state index is 0. The second-order valence-electron chi connectivity index (χ2n) is 24.9. The van der Waals surface area contributed by atoms with E-state index in [1.54, 1.807) is 6.33 Å². The molecule has 10 heterocycles. The summed E-state index contributed by atoms with van der Waals surface area (Å²) in [6.07, 6.45) is 5.88. The van der Waals surface area contributed by atoms with Crippen molar-refractivity contribution in [1.82, 2.24) is 44.2 Å². The van der Waals surface area contributed by atoms with Gasteiger partial charge in [-0.3, -0.25) is 4.40 Å². The fraction of sp³-hybridized carbons (Fsp3) is 0.136. The molecule has 20 rings (SSSR count). The summed E-state index contributed by atoms with van der Waals surface area (Å²) in [5, 5.41) is 41.7.